The van der Waals surface area contributed by atoms with E-state index in [-0.39, 0.29) is 29.7 Å². The van der Waals surface area contributed by atoms with E-state index in [4.69, 9.17) is 0 Å². The molecule has 0 saturated carbocycles. The van der Waals surface area contributed by atoms with Crippen LogP contribution in [0.4, 0.5) is 15.8 Å². The summed E-state index contributed by atoms with van der Waals surface area (Å²) < 4.78 is 40.4. The van der Waals surface area contributed by atoms with E-state index in [9.17, 15) is 22.4 Å². The number of halogens is 1. The topological polar surface area (TPSA) is 95.6 Å². The van der Waals surface area contributed by atoms with Gasteiger partial charge in [0.05, 0.1) is 10.8 Å². The summed E-state index contributed by atoms with van der Waals surface area (Å²) in [6.07, 6.45) is 0.0468. The molecular weight excluding hydrogens is 409 g/mol. The van der Waals surface area contributed by atoms with E-state index in [2.05, 4.69) is 10.0 Å². The summed E-state index contributed by atoms with van der Waals surface area (Å²) >= 11 is 0. The van der Waals surface area contributed by atoms with Crippen LogP contribution in [0.15, 0.2) is 53.4 Å². The van der Waals surface area contributed by atoms with Crippen molar-refractivity contribution in [2.75, 3.05) is 16.8 Å². The smallest absolute Gasteiger partial charge is 0.241 e. The number of carbonyl (C=O) groups excluding carboxylic acids is 2. The molecule has 0 spiro atoms. The third-order valence-corrected chi connectivity index (χ3v) is 6.28. The van der Waals surface area contributed by atoms with Crippen LogP contribution in [0, 0.1) is 11.7 Å². The minimum absolute atomic E-state index is 0.0468. The van der Waals surface area contributed by atoms with Crippen molar-refractivity contribution in [3.05, 3.63) is 54.3 Å². The van der Waals surface area contributed by atoms with E-state index in [0.29, 0.717) is 11.4 Å². The Balaban J connectivity index is 1.65. The van der Waals surface area contributed by atoms with Crippen molar-refractivity contribution in [1.29, 1.82) is 0 Å². The standard InChI is InChI=1S/C21H24FN3O4S/c1-21(2,3)24-30(28,29)18-10-6-16(7-11-18)23-20(27)14-12-19(26)25(13-14)17-8-4-15(22)5-9-17/h4-11,14,24H,12-13H2,1-3H3,(H,23,27)/t14-/m0/s1. The molecule has 0 bridgehead atoms. The van der Waals surface area contributed by atoms with Crippen molar-refractivity contribution in [3.8, 4) is 0 Å². The highest BCUT2D eigenvalue weighted by Crippen LogP contribution is 2.26. The molecule has 0 radical (unpaired) electrons. The van der Waals surface area contributed by atoms with Gasteiger partial charge in [0.2, 0.25) is 21.8 Å². The number of hydrogen-bond acceptors (Lipinski definition) is 4. The first-order valence-electron chi connectivity index (χ1n) is 9.45. The average Bonchev–Trinajstić information content (AvgIpc) is 3.03. The van der Waals surface area contributed by atoms with Gasteiger partial charge in [-0.25, -0.2) is 17.5 Å². The second kappa shape index (κ2) is 8.16. The maximum atomic E-state index is 13.1. The van der Waals surface area contributed by atoms with Crippen LogP contribution in [0.25, 0.3) is 0 Å². The third-order valence-electron chi connectivity index (χ3n) is 4.51. The number of carbonyl (C=O) groups is 2. The molecule has 2 amide bonds. The van der Waals surface area contributed by atoms with Crippen molar-refractivity contribution in [1.82, 2.24) is 4.72 Å². The van der Waals surface area contributed by atoms with Gasteiger partial charge in [-0.1, -0.05) is 0 Å². The Morgan fingerprint density at radius 1 is 1.07 bits per heavy atom. The lowest BCUT2D eigenvalue weighted by Gasteiger charge is -2.20. The van der Waals surface area contributed by atoms with Crippen LogP contribution in [0.5, 0.6) is 0 Å². The van der Waals surface area contributed by atoms with E-state index in [0.717, 1.165) is 0 Å². The summed E-state index contributed by atoms with van der Waals surface area (Å²) in [5, 5.41) is 2.72. The number of benzene rings is 2. The lowest BCUT2D eigenvalue weighted by molar-refractivity contribution is -0.122. The Morgan fingerprint density at radius 2 is 1.67 bits per heavy atom. The molecule has 2 aromatic rings. The zero-order valence-corrected chi connectivity index (χ0v) is 17.8. The Morgan fingerprint density at radius 3 is 2.23 bits per heavy atom. The molecule has 7 nitrogen and oxygen atoms in total. The molecule has 3 rings (SSSR count). The van der Waals surface area contributed by atoms with Gasteiger partial charge in [0.1, 0.15) is 5.82 Å². The van der Waals surface area contributed by atoms with Gasteiger partial charge >= 0.3 is 0 Å². The summed E-state index contributed by atoms with van der Waals surface area (Å²) in [6.45, 7) is 5.43. The monoisotopic (exact) mass is 433 g/mol. The predicted molar refractivity (Wildman–Crippen MR) is 112 cm³/mol. The largest absolute Gasteiger partial charge is 0.326 e. The summed E-state index contributed by atoms with van der Waals surface area (Å²) in [5.74, 6) is -1.51. The highest BCUT2D eigenvalue weighted by molar-refractivity contribution is 7.89. The number of nitrogens with zero attached hydrogens (tertiary/aromatic N) is 1. The van der Waals surface area contributed by atoms with E-state index < -0.39 is 27.3 Å². The lowest BCUT2D eigenvalue weighted by atomic mass is 10.1. The molecular formula is C21H24FN3O4S. The van der Waals surface area contributed by atoms with Gasteiger partial charge in [-0.05, 0) is 69.3 Å². The van der Waals surface area contributed by atoms with E-state index >= 15 is 0 Å². The highest BCUT2D eigenvalue weighted by Gasteiger charge is 2.35. The molecule has 9 heteroatoms. The molecule has 1 aliphatic rings. The normalized spacial score (nSPS) is 17.3. The highest BCUT2D eigenvalue weighted by atomic mass is 32.2. The Kier molecular flexibility index (Phi) is 5.96. The van der Waals surface area contributed by atoms with Crippen LogP contribution < -0.4 is 14.9 Å². The number of hydrogen-bond donors (Lipinski definition) is 2. The summed E-state index contributed by atoms with van der Waals surface area (Å²) in [4.78, 5) is 26.4. The SMILES string of the molecule is CC(C)(C)NS(=O)(=O)c1ccc(NC(=O)[C@H]2CC(=O)N(c3ccc(F)cc3)C2)cc1. The molecule has 2 aromatic carbocycles. The fourth-order valence-corrected chi connectivity index (χ4v) is 4.60. The van der Waals surface area contributed by atoms with Gasteiger partial charge in [-0.15, -0.1) is 0 Å². The second-order valence-corrected chi connectivity index (χ2v) is 9.93. The fraction of sp³-hybridized carbons (Fsp3) is 0.333. The Labute approximate surface area is 175 Å². The number of sulfonamides is 1. The van der Waals surface area contributed by atoms with E-state index in [1.165, 1.54) is 53.4 Å². The van der Waals surface area contributed by atoms with E-state index in [1.54, 1.807) is 20.8 Å². The molecule has 1 heterocycles. The lowest BCUT2D eigenvalue weighted by Crippen LogP contribution is -2.40. The summed E-state index contributed by atoms with van der Waals surface area (Å²) in [7, 11) is -3.67. The quantitative estimate of drug-likeness (QED) is 0.758. The van der Waals surface area contributed by atoms with Crippen LogP contribution in [0.3, 0.4) is 0 Å². The first-order valence-corrected chi connectivity index (χ1v) is 10.9. The van der Waals surface area contributed by atoms with Gasteiger partial charge < -0.3 is 10.2 Å². The number of nitrogens with one attached hydrogen (secondary N) is 2. The first-order chi connectivity index (χ1) is 13.9. The van der Waals surface area contributed by atoms with Crippen molar-refractivity contribution >= 4 is 33.2 Å². The molecule has 0 unspecified atom stereocenters. The van der Waals surface area contributed by atoms with Crippen LogP contribution in [0.1, 0.15) is 27.2 Å². The second-order valence-electron chi connectivity index (χ2n) is 8.25. The Bertz CT molecular complexity index is 1050. The molecule has 0 aliphatic carbocycles. The minimum atomic E-state index is -3.67. The first kappa shape index (κ1) is 21.9. The predicted octanol–water partition coefficient (Wildman–Crippen LogP) is 2.89. The van der Waals surface area contributed by atoms with Crippen LogP contribution in [0.2, 0.25) is 0 Å². The van der Waals surface area contributed by atoms with Gasteiger partial charge in [-0.2, -0.15) is 0 Å². The molecule has 2 N–H and O–H groups in total. The molecule has 0 aromatic heterocycles. The minimum Gasteiger partial charge on any atom is -0.326 e. The number of rotatable bonds is 5. The summed E-state index contributed by atoms with van der Waals surface area (Å²) in [6, 6.07) is 11.4. The van der Waals surface area contributed by atoms with Gasteiger partial charge in [0.15, 0.2) is 0 Å². The molecule has 1 atom stereocenters. The molecule has 1 aliphatic heterocycles. The van der Waals surface area contributed by atoms with E-state index in [1.807, 2.05) is 0 Å². The van der Waals surface area contributed by atoms with Crippen molar-refractivity contribution < 1.29 is 22.4 Å². The van der Waals surface area contributed by atoms with Gasteiger partial charge in [0, 0.05) is 29.9 Å². The third kappa shape index (κ3) is 5.22. The molecule has 1 fully saturated rings. The summed E-state index contributed by atoms with van der Waals surface area (Å²) in [5.41, 5.74) is 0.358. The number of anilines is 2. The van der Waals surface area contributed by atoms with Crippen molar-refractivity contribution in [3.63, 3.8) is 0 Å². The van der Waals surface area contributed by atoms with Crippen molar-refractivity contribution in [2.45, 2.75) is 37.6 Å². The van der Waals surface area contributed by atoms with Crippen LogP contribution in [-0.4, -0.2) is 32.3 Å². The molecule has 30 heavy (non-hydrogen) atoms. The average molecular weight is 434 g/mol. The van der Waals surface area contributed by atoms with Gasteiger partial charge in [-0.3, -0.25) is 9.59 Å². The van der Waals surface area contributed by atoms with Crippen LogP contribution >= 0.6 is 0 Å². The number of amides is 2. The van der Waals surface area contributed by atoms with Crippen LogP contribution in [-0.2, 0) is 19.6 Å². The van der Waals surface area contributed by atoms with Crippen molar-refractivity contribution in [2.24, 2.45) is 5.92 Å². The van der Waals surface area contributed by atoms with Gasteiger partial charge in [0.25, 0.3) is 0 Å². The molecule has 160 valence electrons. The maximum absolute atomic E-state index is 13.1. The maximum Gasteiger partial charge on any atom is 0.241 e. The zero-order chi connectivity index (χ0) is 22.1. The fourth-order valence-electron chi connectivity index (χ4n) is 3.18. The zero-order valence-electron chi connectivity index (χ0n) is 17.0. The molecule has 1 saturated heterocycles. The Hall–Kier alpha value is -2.78.